The lowest BCUT2D eigenvalue weighted by Gasteiger charge is -2.00. The number of fused-ring (bicyclic) bond motifs is 1. The van der Waals surface area contributed by atoms with Gasteiger partial charge < -0.3 is 0 Å². The number of rotatable bonds is 0. The summed E-state index contributed by atoms with van der Waals surface area (Å²) in [5.41, 5.74) is 3.60. The maximum Gasteiger partial charge on any atom is 0.0704 e. The van der Waals surface area contributed by atoms with E-state index in [4.69, 9.17) is 0 Å². The lowest BCUT2D eigenvalue weighted by molar-refractivity contribution is 1.32. The van der Waals surface area contributed by atoms with Gasteiger partial charge in [-0.05, 0) is 37.1 Å². The molecule has 2 aromatic rings. The first-order valence-corrected chi connectivity index (χ1v) is 5.09. The van der Waals surface area contributed by atoms with Crippen molar-refractivity contribution in [1.29, 1.82) is 0 Å². The van der Waals surface area contributed by atoms with Crippen LogP contribution in [0.25, 0.3) is 10.9 Å². The molecule has 14 heavy (non-hydrogen) atoms. The Labute approximate surface area is 85.8 Å². The molecule has 1 heteroatoms. The van der Waals surface area contributed by atoms with Crippen LogP contribution in [0.1, 0.15) is 25.0 Å². The van der Waals surface area contributed by atoms with E-state index >= 15 is 0 Å². The third-order valence-corrected chi connectivity index (χ3v) is 2.08. The Morgan fingerprint density at radius 1 is 1.07 bits per heavy atom. The maximum atomic E-state index is 4.34. The molecule has 74 valence electrons. The van der Waals surface area contributed by atoms with E-state index in [1.54, 1.807) is 0 Å². The Morgan fingerprint density at radius 3 is 2.50 bits per heavy atom. The van der Waals surface area contributed by atoms with E-state index < -0.39 is 0 Å². The van der Waals surface area contributed by atoms with Gasteiger partial charge in [-0.15, -0.1) is 0 Å². The highest BCUT2D eigenvalue weighted by Crippen LogP contribution is 2.16. The van der Waals surface area contributed by atoms with Gasteiger partial charge in [0.05, 0.1) is 5.52 Å². The fourth-order valence-electron chi connectivity index (χ4n) is 1.40. The van der Waals surface area contributed by atoms with Gasteiger partial charge in [-0.25, -0.2) is 0 Å². The first-order valence-electron chi connectivity index (χ1n) is 5.09. The van der Waals surface area contributed by atoms with Crippen molar-refractivity contribution in [2.45, 2.75) is 27.7 Å². The number of pyridine rings is 1. The van der Waals surface area contributed by atoms with Crippen LogP contribution in [0.4, 0.5) is 0 Å². The lowest BCUT2D eigenvalue weighted by Crippen LogP contribution is -1.83. The minimum Gasteiger partial charge on any atom is -0.256 e. The SMILES string of the molecule is CC.Cc1cnc2cccc(C)c2c1. The molecular weight excluding hydrogens is 170 g/mol. The quantitative estimate of drug-likeness (QED) is 0.610. The zero-order valence-corrected chi connectivity index (χ0v) is 9.33. The van der Waals surface area contributed by atoms with Gasteiger partial charge in [0, 0.05) is 11.6 Å². The van der Waals surface area contributed by atoms with E-state index in [1.165, 1.54) is 16.5 Å². The molecule has 0 fully saturated rings. The number of hydrogen-bond acceptors (Lipinski definition) is 1. The number of benzene rings is 1. The summed E-state index contributed by atoms with van der Waals surface area (Å²) in [6.07, 6.45) is 1.90. The van der Waals surface area contributed by atoms with Crippen LogP contribution in [0.15, 0.2) is 30.5 Å². The summed E-state index contributed by atoms with van der Waals surface area (Å²) >= 11 is 0. The molecule has 1 aromatic carbocycles. The summed E-state index contributed by atoms with van der Waals surface area (Å²) in [5.74, 6) is 0. The maximum absolute atomic E-state index is 4.34. The minimum absolute atomic E-state index is 1.08. The van der Waals surface area contributed by atoms with Crippen molar-refractivity contribution in [3.05, 3.63) is 41.6 Å². The van der Waals surface area contributed by atoms with Crippen molar-refractivity contribution in [2.24, 2.45) is 0 Å². The van der Waals surface area contributed by atoms with Gasteiger partial charge in [0.1, 0.15) is 0 Å². The topological polar surface area (TPSA) is 12.9 Å². The van der Waals surface area contributed by atoms with Gasteiger partial charge in [-0.3, -0.25) is 4.98 Å². The van der Waals surface area contributed by atoms with Crippen molar-refractivity contribution in [1.82, 2.24) is 4.98 Å². The molecule has 0 unspecified atom stereocenters. The molecule has 1 heterocycles. The summed E-state index contributed by atoms with van der Waals surface area (Å²) in [7, 11) is 0. The average Bonchev–Trinajstić information content (AvgIpc) is 2.22. The first-order chi connectivity index (χ1) is 6.77. The fourth-order valence-corrected chi connectivity index (χ4v) is 1.40. The summed E-state index contributed by atoms with van der Waals surface area (Å²) in [5, 5.41) is 1.26. The zero-order chi connectivity index (χ0) is 10.6. The highest BCUT2D eigenvalue weighted by Gasteiger charge is 1.96. The summed E-state index contributed by atoms with van der Waals surface area (Å²) in [6.45, 7) is 8.18. The third-order valence-electron chi connectivity index (χ3n) is 2.08. The van der Waals surface area contributed by atoms with Crippen LogP contribution in [0.2, 0.25) is 0 Å². The molecule has 0 radical (unpaired) electrons. The smallest absolute Gasteiger partial charge is 0.0704 e. The molecule has 1 nitrogen and oxygen atoms in total. The second-order valence-electron chi connectivity index (χ2n) is 3.15. The Balaban J connectivity index is 0.000000461. The van der Waals surface area contributed by atoms with Crippen LogP contribution < -0.4 is 0 Å². The molecule has 0 N–H and O–H groups in total. The second kappa shape index (κ2) is 4.75. The molecule has 0 aliphatic rings. The molecule has 0 aliphatic heterocycles. The van der Waals surface area contributed by atoms with Crippen LogP contribution in [0.5, 0.6) is 0 Å². The number of aryl methyl sites for hydroxylation is 2. The van der Waals surface area contributed by atoms with Crippen molar-refractivity contribution in [3.63, 3.8) is 0 Å². The second-order valence-corrected chi connectivity index (χ2v) is 3.15. The molecule has 0 atom stereocenters. The lowest BCUT2D eigenvalue weighted by atomic mass is 10.1. The number of nitrogens with zero attached hydrogens (tertiary/aromatic N) is 1. The van der Waals surface area contributed by atoms with E-state index in [0.717, 1.165) is 5.52 Å². The minimum atomic E-state index is 1.08. The van der Waals surface area contributed by atoms with E-state index in [9.17, 15) is 0 Å². The molecule has 2 rings (SSSR count). The molecule has 0 saturated carbocycles. The molecule has 0 bridgehead atoms. The van der Waals surface area contributed by atoms with Gasteiger partial charge in [0.15, 0.2) is 0 Å². The molecular formula is C13H17N. The first kappa shape index (κ1) is 10.7. The van der Waals surface area contributed by atoms with Gasteiger partial charge in [-0.2, -0.15) is 0 Å². The molecule has 0 aliphatic carbocycles. The normalized spacial score (nSPS) is 9.43. The van der Waals surface area contributed by atoms with Gasteiger partial charge in [0.25, 0.3) is 0 Å². The monoisotopic (exact) mass is 187 g/mol. The Morgan fingerprint density at radius 2 is 1.79 bits per heavy atom. The highest BCUT2D eigenvalue weighted by molar-refractivity contribution is 5.82. The van der Waals surface area contributed by atoms with E-state index in [1.807, 2.05) is 32.2 Å². The van der Waals surface area contributed by atoms with Crippen LogP contribution in [0, 0.1) is 13.8 Å². The largest absolute Gasteiger partial charge is 0.256 e. The molecule has 1 aromatic heterocycles. The van der Waals surface area contributed by atoms with Crippen LogP contribution in [0.3, 0.4) is 0 Å². The third kappa shape index (κ3) is 2.11. The Bertz CT molecular complexity index is 419. The molecule has 0 spiro atoms. The van der Waals surface area contributed by atoms with Gasteiger partial charge in [0.2, 0.25) is 0 Å². The Hall–Kier alpha value is -1.37. The zero-order valence-electron chi connectivity index (χ0n) is 9.33. The van der Waals surface area contributed by atoms with Crippen LogP contribution in [-0.2, 0) is 0 Å². The molecule has 0 amide bonds. The summed E-state index contributed by atoms with van der Waals surface area (Å²) in [4.78, 5) is 4.34. The predicted molar refractivity (Wildman–Crippen MR) is 62.6 cm³/mol. The van der Waals surface area contributed by atoms with Crippen molar-refractivity contribution < 1.29 is 0 Å². The van der Waals surface area contributed by atoms with Crippen LogP contribution >= 0.6 is 0 Å². The summed E-state index contributed by atoms with van der Waals surface area (Å²) in [6, 6.07) is 8.38. The van der Waals surface area contributed by atoms with Crippen LogP contribution in [-0.4, -0.2) is 4.98 Å². The molecule has 0 saturated heterocycles. The number of aromatic nitrogens is 1. The number of hydrogen-bond donors (Lipinski definition) is 0. The van der Waals surface area contributed by atoms with E-state index in [2.05, 4.69) is 31.0 Å². The highest BCUT2D eigenvalue weighted by atomic mass is 14.6. The predicted octanol–water partition coefficient (Wildman–Crippen LogP) is 3.88. The van der Waals surface area contributed by atoms with E-state index in [0.29, 0.717) is 0 Å². The van der Waals surface area contributed by atoms with Crippen molar-refractivity contribution >= 4 is 10.9 Å². The van der Waals surface area contributed by atoms with Gasteiger partial charge in [-0.1, -0.05) is 26.0 Å². The van der Waals surface area contributed by atoms with Gasteiger partial charge >= 0.3 is 0 Å². The Kier molecular flexibility index (Phi) is 3.63. The summed E-state index contributed by atoms with van der Waals surface area (Å²) < 4.78 is 0. The van der Waals surface area contributed by atoms with E-state index in [-0.39, 0.29) is 0 Å². The van der Waals surface area contributed by atoms with Crippen molar-refractivity contribution in [3.8, 4) is 0 Å². The standard InChI is InChI=1S/C11H11N.C2H6/c1-8-6-10-9(2)4-3-5-11(10)12-7-8;1-2/h3-7H,1-2H3;1-2H3. The fraction of sp³-hybridized carbons (Fsp3) is 0.308. The van der Waals surface area contributed by atoms with Crippen molar-refractivity contribution in [2.75, 3.05) is 0 Å². The average molecular weight is 187 g/mol.